The third-order valence-corrected chi connectivity index (χ3v) is 6.10. The molecule has 0 spiro atoms. The Labute approximate surface area is 168 Å². The van der Waals surface area contributed by atoms with Crippen molar-refractivity contribution in [1.29, 1.82) is 0 Å². The number of benzene rings is 1. The highest BCUT2D eigenvalue weighted by molar-refractivity contribution is 5.79. The molecule has 1 aliphatic heterocycles. The number of pyridine rings is 2. The first-order valence-corrected chi connectivity index (χ1v) is 10.5. The SMILES string of the molecule is Cc1cc(CC2CCCN(C(C)c3ccc4ccc(C)nc4c3)C2)cc(C)n1. The van der Waals surface area contributed by atoms with Crippen LogP contribution in [0.25, 0.3) is 10.9 Å². The van der Waals surface area contributed by atoms with Crippen LogP contribution in [0.1, 0.15) is 54.0 Å². The fourth-order valence-corrected chi connectivity index (χ4v) is 4.69. The van der Waals surface area contributed by atoms with Crippen LogP contribution in [0.4, 0.5) is 0 Å². The summed E-state index contributed by atoms with van der Waals surface area (Å²) in [5, 5.41) is 1.22. The average molecular weight is 374 g/mol. The number of aromatic nitrogens is 2. The smallest absolute Gasteiger partial charge is 0.0708 e. The van der Waals surface area contributed by atoms with E-state index in [-0.39, 0.29) is 0 Å². The minimum atomic E-state index is 0.426. The maximum atomic E-state index is 4.73. The van der Waals surface area contributed by atoms with E-state index in [4.69, 9.17) is 4.98 Å². The van der Waals surface area contributed by atoms with Gasteiger partial charge in [0.2, 0.25) is 0 Å². The fraction of sp³-hybridized carbons (Fsp3) is 0.440. The molecule has 0 radical (unpaired) electrons. The van der Waals surface area contributed by atoms with E-state index in [9.17, 15) is 0 Å². The van der Waals surface area contributed by atoms with E-state index in [0.29, 0.717) is 6.04 Å². The van der Waals surface area contributed by atoms with Gasteiger partial charge in [-0.25, -0.2) is 0 Å². The van der Waals surface area contributed by atoms with Gasteiger partial charge in [-0.2, -0.15) is 0 Å². The molecule has 146 valence electrons. The third-order valence-electron chi connectivity index (χ3n) is 6.10. The first-order valence-electron chi connectivity index (χ1n) is 10.5. The molecule has 1 aliphatic rings. The van der Waals surface area contributed by atoms with Gasteiger partial charge in [-0.15, -0.1) is 0 Å². The van der Waals surface area contributed by atoms with Crippen molar-refractivity contribution in [3.05, 3.63) is 70.7 Å². The lowest BCUT2D eigenvalue weighted by Crippen LogP contribution is -2.38. The molecule has 0 amide bonds. The number of hydrogen-bond donors (Lipinski definition) is 0. The molecule has 2 aromatic heterocycles. The van der Waals surface area contributed by atoms with Gasteiger partial charge in [-0.05, 0) is 94.8 Å². The van der Waals surface area contributed by atoms with E-state index in [1.807, 2.05) is 0 Å². The van der Waals surface area contributed by atoms with Crippen LogP contribution >= 0.6 is 0 Å². The van der Waals surface area contributed by atoms with E-state index in [1.54, 1.807) is 0 Å². The molecule has 0 N–H and O–H groups in total. The molecule has 28 heavy (non-hydrogen) atoms. The van der Waals surface area contributed by atoms with Gasteiger partial charge in [0, 0.05) is 35.1 Å². The molecule has 4 rings (SSSR count). The number of nitrogens with zero attached hydrogens (tertiary/aromatic N) is 3. The van der Waals surface area contributed by atoms with E-state index in [2.05, 4.69) is 80.0 Å². The maximum Gasteiger partial charge on any atom is 0.0708 e. The first-order chi connectivity index (χ1) is 13.5. The Morgan fingerprint density at radius 1 is 0.964 bits per heavy atom. The average Bonchev–Trinajstić information content (AvgIpc) is 2.66. The molecule has 0 aliphatic carbocycles. The second-order valence-electron chi connectivity index (χ2n) is 8.55. The standard InChI is InChI=1S/C25H31N3/c1-17-7-8-23-9-10-24(15-25(23)27-17)20(4)28-11-5-6-21(16-28)14-22-12-18(2)26-19(3)13-22/h7-10,12-13,15,20-21H,5-6,11,14,16H2,1-4H3. The molecule has 1 saturated heterocycles. The van der Waals surface area contributed by atoms with E-state index < -0.39 is 0 Å². The van der Waals surface area contributed by atoms with Gasteiger partial charge in [0.05, 0.1) is 5.52 Å². The van der Waals surface area contributed by atoms with Gasteiger partial charge in [0.25, 0.3) is 0 Å². The van der Waals surface area contributed by atoms with Gasteiger partial charge >= 0.3 is 0 Å². The maximum absolute atomic E-state index is 4.73. The second-order valence-corrected chi connectivity index (χ2v) is 8.55. The summed E-state index contributed by atoms with van der Waals surface area (Å²) in [6.45, 7) is 11.0. The highest BCUT2D eigenvalue weighted by Gasteiger charge is 2.25. The summed E-state index contributed by atoms with van der Waals surface area (Å²) in [6.07, 6.45) is 3.76. The number of hydrogen-bond acceptors (Lipinski definition) is 3. The summed E-state index contributed by atoms with van der Waals surface area (Å²) in [4.78, 5) is 11.9. The zero-order valence-corrected chi connectivity index (χ0v) is 17.6. The second kappa shape index (κ2) is 8.00. The Morgan fingerprint density at radius 2 is 1.71 bits per heavy atom. The van der Waals surface area contributed by atoms with Gasteiger partial charge in [0.15, 0.2) is 0 Å². The van der Waals surface area contributed by atoms with Crippen molar-refractivity contribution in [2.24, 2.45) is 5.92 Å². The van der Waals surface area contributed by atoms with Crippen LogP contribution in [-0.4, -0.2) is 28.0 Å². The zero-order chi connectivity index (χ0) is 19.7. The van der Waals surface area contributed by atoms with Crippen molar-refractivity contribution in [2.75, 3.05) is 13.1 Å². The van der Waals surface area contributed by atoms with Crippen LogP contribution in [0.15, 0.2) is 42.5 Å². The summed E-state index contributed by atoms with van der Waals surface area (Å²) in [5.41, 5.74) is 7.28. The Bertz CT molecular complexity index is 958. The number of fused-ring (bicyclic) bond motifs is 1. The molecule has 3 heteroatoms. The lowest BCUT2D eigenvalue weighted by Gasteiger charge is -2.37. The zero-order valence-electron chi connectivity index (χ0n) is 17.6. The lowest BCUT2D eigenvalue weighted by molar-refractivity contribution is 0.131. The lowest BCUT2D eigenvalue weighted by atomic mass is 9.89. The minimum absolute atomic E-state index is 0.426. The summed E-state index contributed by atoms with van der Waals surface area (Å²) in [5.74, 6) is 0.721. The molecule has 0 saturated carbocycles. The molecule has 3 nitrogen and oxygen atoms in total. The van der Waals surface area contributed by atoms with Crippen molar-refractivity contribution in [3.8, 4) is 0 Å². The van der Waals surface area contributed by atoms with Crippen LogP contribution in [0.5, 0.6) is 0 Å². The monoisotopic (exact) mass is 373 g/mol. The minimum Gasteiger partial charge on any atom is -0.296 e. The van der Waals surface area contributed by atoms with E-state index in [0.717, 1.165) is 34.9 Å². The summed E-state index contributed by atoms with van der Waals surface area (Å²) in [7, 11) is 0. The molecule has 0 bridgehead atoms. The summed E-state index contributed by atoms with van der Waals surface area (Å²) < 4.78 is 0. The van der Waals surface area contributed by atoms with Gasteiger partial charge in [-0.3, -0.25) is 14.9 Å². The fourth-order valence-electron chi connectivity index (χ4n) is 4.69. The Hall–Kier alpha value is -2.26. The summed E-state index contributed by atoms with van der Waals surface area (Å²) >= 11 is 0. The molecule has 2 atom stereocenters. The van der Waals surface area contributed by atoms with Crippen molar-refractivity contribution in [1.82, 2.24) is 14.9 Å². The number of rotatable bonds is 4. The quantitative estimate of drug-likeness (QED) is 0.598. The van der Waals surface area contributed by atoms with Gasteiger partial charge in [-0.1, -0.05) is 18.2 Å². The van der Waals surface area contributed by atoms with Crippen molar-refractivity contribution in [2.45, 2.75) is 53.0 Å². The van der Waals surface area contributed by atoms with Crippen LogP contribution in [0.3, 0.4) is 0 Å². The Kier molecular flexibility index (Phi) is 5.45. The molecule has 3 heterocycles. The molecule has 2 unspecified atom stereocenters. The predicted octanol–water partition coefficient (Wildman–Crippen LogP) is 5.57. The van der Waals surface area contributed by atoms with Gasteiger partial charge in [0.1, 0.15) is 0 Å². The number of likely N-dealkylation sites (tertiary alicyclic amines) is 1. The number of aryl methyl sites for hydroxylation is 3. The Morgan fingerprint density at radius 3 is 2.50 bits per heavy atom. The predicted molar refractivity (Wildman–Crippen MR) is 117 cm³/mol. The third kappa shape index (κ3) is 4.25. The molecule has 3 aromatic rings. The number of piperidine rings is 1. The van der Waals surface area contributed by atoms with Crippen molar-refractivity contribution < 1.29 is 0 Å². The van der Waals surface area contributed by atoms with E-state index in [1.165, 1.54) is 42.4 Å². The van der Waals surface area contributed by atoms with Crippen LogP contribution in [0, 0.1) is 26.7 Å². The van der Waals surface area contributed by atoms with Crippen LogP contribution < -0.4 is 0 Å². The largest absolute Gasteiger partial charge is 0.296 e. The first kappa shape index (κ1) is 19.1. The normalized spacial score (nSPS) is 19.1. The van der Waals surface area contributed by atoms with Crippen molar-refractivity contribution >= 4 is 10.9 Å². The van der Waals surface area contributed by atoms with E-state index >= 15 is 0 Å². The van der Waals surface area contributed by atoms with Gasteiger partial charge < -0.3 is 0 Å². The van der Waals surface area contributed by atoms with Crippen LogP contribution in [0.2, 0.25) is 0 Å². The molecule has 1 aromatic carbocycles. The Balaban J connectivity index is 1.49. The molecular weight excluding hydrogens is 342 g/mol. The van der Waals surface area contributed by atoms with Crippen molar-refractivity contribution in [3.63, 3.8) is 0 Å². The topological polar surface area (TPSA) is 29.0 Å². The summed E-state index contributed by atoms with van der Waals surface area (Å²) in [6, 6.07) is 16.0. The van der Waals surface area contributed by atoms with Crippen LogP contribution in [-0.2, 0) is 6.42 Å². The molecular formula is C25H31N3. The molecule has 1 fully saturated rings. The highest BCUT2D eigenvalue weighted by Crippen LogP contribution is 2.30. The highest BCUT2D eigenvalue weighted by atomic mass is 15.2.